The molecule has 2 aromatic carbocycles. The van der Waals surface area contributed by atoms with Crippen LogP contribution in [0.15, 0.2) is 81.7 Å². The Bertz CT molecular complexity index is 1650. The van der Waals surface area contributed by atoms with Crippen molar-refractivity contribution >= 4 is 39.1 Å². The number of nitrogens with zero attached hydrogens (tertiary/aromatic N) is 2. The summed E-state index contributed by atoms with van der Waals surface area (Å²) >= 11 is 3.33. The molecule has 42 heavy (non-hydrogen) atoms. The zero-order valence-electron chi connectivity index (χ0n) is 22.7. The van der Waals surface area contributed by atoms with Crippen LogP contribution in [-0.4, -0.2) is 28.7 Å². The van der Waals surface area contributed by atoms with Gasteiger partial charge in [0.1, 0.15) is 24.0 Å². The van der Waals surface area contributed by atoms with E-state index < -0.39 is 22.6 Å². The lowest BCUT2D eigenvalue weighted by atomic mass is 9.74. The number of hydrogen-bond donors (Lipinski definition) is 2. The number of allylic oxidation sites excluding steroid dienone is 3. The highest BCUT2D eigenvalue weighted by atomic mass is 79.9. The number of aromatic nitrogens is 1. The van der Waals surface area contributed by atoms with Gasteiger partial charge in [-0.25, -0.2) is 9.37 Å². The lowest BCUT2D eigenvalue weighted by Gasteiger charge is -2.34. The fourth-order valence-corrected chi connectivity index (χ4v) is 5.49. The minimum Gasteiger partial charge on any atom is -0.496 e. The van der Waals surface area contributed by atoms with Gasteiger partial charge in [-0.15, -0.1) is 0 Å². The maximum absolute atomic E-state index is 13.9. The summed E-state index contributed by atoms with van der Waals surface area (Å²) in [7, 11) is 1.47. The van der Waals surface area contributed by atoms with Crippen LogP contribution in [-0.2, 0) is 16.2 Å². The van der Waals surface area contributed by atoms with Crippen molar-refractivity contribution in [3.05, 3.63) is 109 Å². The maximum Gasteiger partial charge on any atom is 0.311 e. The number of Topliss-reactive ketones (excluding diaryl/α,β-unsaturated/α-hetero) is 1. The Labute approximate surface area is 248 Å². The number of halogens is 2. The van der Waals surface area contributed by atoms with Crippen molar-refractivity contribution in [2.75, 3.05) is 12.4 Å². The molecule has 0 fully saturated rings. The Morgan fingerprint density at radius 1 is 1.19 bits per heavy atom. The van der Waals surface area contributed by atoms with Crippen LogP contribution < -0.4 is 20.1 Å². The van der Waals surface area contributed by atoms with E-state index in [1.165, 1.54) is 7.11 Å². The fraction of sp³-hybridized carbons (Fsp3) is 0.233. The molecular weight excluding hydrogens is 611 g/mol. The monoisotopic (exact) mass is 636 g/mol. The average molecular weight is 637 g/mol. The van der Waals surface area contributed by atoms with Gasteiger partial charge in [0, 0.05) is 63.2 Å². The van der Waals surface area contributed by atoms with Crippen LogP contribution in [0.3, 0.4) is 0 Å². The van der Waals surface area contributed by atoms with Crippen LogP contribution in [0.25, 0.3) is 0 Å². The predicted molar refractivity (Wildman–Crippen MR) is 155 cm³/mol. The minimum absolute atomic E-state index is 0.0580. The summed E-state index contributed by atoms with van der Waals surface area (Å²) in [4.78, 5) is 42.1. The molecule has 1 aliphatic heterocycles. The maximum atomic E-state index is 13.9. The van der Waals surface area contributed by atoms with E-state index in [0.29, 0.717) is 58.8 Å². The van der Waals surface area contributed by atoms with Gasteiger partial charge in [-0.1, -0.05) is 6.07 Å². The molecule has 2 heterocycles. The van der Waals surface area contributed by atoms with Crippen molar-refractivity contribution in [1.82, 2.24) is 10.3 Å². The van der Waals surface area contributed by atoms with Crippen LogP contribution >= 0.6 is 15.9 Å². The number of nitrogens with one attached hydrogen (secondary N) is 2. The number of carbonyl (C=O) groups is 2. The van der Waals surface area contributed by atoms with E-state index in [1.54, 1.807) is 43.5 Å². The normalized spacial score (nSPS) is 16.5. The molecule has 2 N–H and O–H groups in total. The largest absolute Gasteiger partial charge is 0.496 e. The molecule has 0 spiro atoms. The Hall–Kier alpha value is -4.58. The van der Waals surface area contributed by atoms with Gasteiger partial charge in [-0.3, -0.25) is 19.7 Å². The topological polar surface area (TPSA) is 133 Å². The number of rotatable bonds is 8. The Morgan fingerprint density at radius 2 is 2.00 bits per heavy atom. The van der Waals surface area contributed by atoms with Crippen molar-refractivity contribution < 1.29 is 28.4 Å². The van der Waals surface area contributed by atoms with Gasteiger partial charge in [0.05, 0.1) is 12.0 Å². The zero-order chi connectivity index (χ0) is 30.0. The minimum atomic E-state index is -0.710. The number of nitro benzene ring substituents is 1. The molecule has 1 amide bonds. The summed E-state index contributed by atoms with van der Waals surface area (Å²) in [6, 6.07) is 11.6. The number of benzene rings is 2. The number of pyridine rings is 1. The van der Waals surface area contributed by atoms with Gasteiger partial charge >= 0.3 is 5.69 Å². The molecule has 12 heteroatoms. The smallest absolute Gasteiger partial charge is 0.311 e. The number of dihydropyridines is 1. The van der Waals surface area contributed by atoms with Gasteiger partial charge in [0.15, 0.2) is 11.5 Å². The first kappa shape index (κ1) is 28.9. The van der Waals surface area contributed by atoms with Crippen molar-refractivity contribution in [3.63, 3.8) is 0 Å². The van der Waals surface area contributed by atoms with Gasteiger partial charge in [-0.2, -0.15) is 0 Å². The number of ether oxygens (including phenoxy) is 2. The molecule has 10 nitrogen and oxygen atoms in total. The summed E-state index contributed by atoms with van der Waals surface area (Å²) in [5.41, 5.74) is 2.98. The van der Waals surface area contributed by atoms with Gasteiger partial charge in [0.2, 0.25) is 0 Å². The van der Waals surface area contributed by atoms with Crippen LogP contribution in [0, 0.1) is 15.9 Å². The van der Waals surface area contributed by atoms with E-state index in [4.69, 9.17) is 9.47 Å². The fourth-order valence-electron chi connectivity index (χ4n) is 5.25. The Morgan fingerprint density at radius 3 is 2.71 bits per heavy atom. The number of nitro groups is 1. The van der Waals surface area contributed by atoms with E-state index in [-0.39, 0.29) is 23.8 Å². The third kappa shape index (κ3) is 5.89. The molecule has 216 valence electrons. The number of amides is 1. The lowest BCUT2D eigenvalue weighted by Crippen LogP contribution is -2.35. The number of ketones is 1. The lowest BCUT2D eigenvalue weighted by molar-refractivity contribution is -0.386. The highest BCUT2D eigenvalue weighted by Gasteiger charge is 2.39. The molecule has 0 radical (unpaired) electrons. The molecule has 1 aromatic heterocycles. The Balaban J connectivity index is 1.55. The molecule has 5 rings (SSSR count). The van der Waals surface area contributed by atoms with Gasteiger partial charge in [-0.05, 0) is 71.6 Å². The number of hydrogen-bond acceptors (Lipinski definition) is 8. The first-order valence-electron chi connectivity index (χ1n) is 13.1. The van der Waals surface area contributed by atoms with Crippen LogP contribution in [0.5, 0.6) is 11.5 Å². The Kier molecular flexibility index (Phi) is 8.34. The molecular formula is C30H26BrFN4O6. The third-order valence-corrected chi connectivity index (χ3v) is 7.60. The number of methoxy groups -OCH3 is 1. The third-order valence-electron chi connectivity index (χ3n) is 7.13. The molecule has 1 aliphatic carbocycles. The standard InChI is InChI=1S/C30H26BrFN4O6/c1-16-27(30(38)35-26-11-7-19(31)14-33-26)28(29-21(34-16)4-3-5-23(29)37)17-6-10-24(41-2)18(12-17)15-42-25-13-20(32)8-9-22(25)36(39)40/h6-14,28,34H,3-5,15H2,1-2H3,(H,33,35,38)/t28-/m0/s1. The van der Waals surface area contributed by atoms with E-state index in [0.717, 1.165) is 28.4 Å². The van der Waals surface area contributed by atoms with E-state index in [9.17, 15) is 24.1 Å². The second kappa shape index (κ2) is 12.1. The number of carbonyl (C=O) groups excluding carboxylic acids is 2. The van der Waals surface area contributed by atoms with Crippen LogP contribution in [0.2, 0.25) is 0 Å². The quantitative estimate of drug-likeness (QED) is 0.224. The molecule has 1 atom stereocenters. The summed E-state index contributed by atoms with van der Waals surface area (Å²) in [6.07, 6.45) is 3.28. The van der Waals surface area contributed by atoms with Crippen LogP contribution in [0.1, 0.15) is 43.2 Å². The first-order valence-corrected chi connectivity index (χ1v) is 13.9. The molecule has 2 aliphatic rings. The highest BCUT2D eigenvalue weighted by Crippen LogP contribution is 2.43. The van der Waals surface area contributed by atoms with Gasteiger partial charge < -0.3 is 20.1 Å². The van der Waals surface area contributed by atoms with E-state index in [1.807, 2.05) is 0 Å². The highest BCUT2D eigenvalue weighted by molar-refractivity contribution is 9.10. The van der Waals surface area contributed by atoms with Crippen LogP contribution in [0.4, 0.5) is 15.9 Å². The first-order chi connectivity index (χ1) is 20.2. The van der Waals surface area contributed by atoms with Crippen molar-refractivity contribution in [2.45, 2.75) is 38.7 Å². The summed E-state index contributed by atoms with van der Waals surface area (Å²) in [5.74, 6) is -1.35. The SMILES string of the molecule is COc1ccc([C@H]2C(C(=O)Nc3ccc(Br)cn3)=C(C)NC3=C2C(=O)CCC3)cc1COc1cc(F)ccc1[N+](=O)[O-]. The van der Waals surface area contributed by atoms with Crippen molar-refractivity contribution in [1.29, 1.82) is 0 Å². The summed E-state index contributed by atoms with van der Waals surface area (Å²) in [5, 5.41) is 17.6. The van der Waals surface area contributed by atoms with Gasteiger partial charge in [0.25, 0.3) is 5.91 Å². The van der Waals surface area contributed by atoms with E-state index in [2.05, 4.69) is 31.5 Å². The number of anilines is 1. The van der Waals surface area contributed by atoms with Crippen molar-refractivity contribution in [2.24, 2.45) is 0 Å². The molecule has 0 saturated heterocycles. The zero-order valence-corrected chi connectivity index (χ0v) is 24.3. The second-order valence-corrected chi connectivity index (χ2v) is 10.7. The molecule has 0 bridgehead atoms. The second-order valence-electron chi connectivity index (χ2n) is 9.81. The summed E-state index contributed by atoms with van der Waals surface area (Å²) in [6.45, 7) is 1.59. The summed E-state index contributed by atoms with van der Waals surface area (Å²) < 4.78 is 25.9. The average Bonchev–Trinajstić information content (AvgIpc) is 2.96. The molecule has 3 aromatic rings. The molecule has 0 unspecified atom stereocenters. The molecule has 0 saturated carbocycles. The van der Waals surface area contributed by atoms with E-state index >= 15 is 0 Å². The van der Waals surface area contributed by atoms with Crippen molar-refractivity contribution in [3.8, 4) is 11.5 Å². The predicted octanol–water partition coefficient (Wildman–Crippen LogP) is 6.09.